The average molecular weight is 360 g/mol. The van der Waals surface area contributed by atoms with Gasteiger partial charge in [-0.1, -0.05) is 43.5 Å². The summed E-state index contributed by atoms with van der Waals surface area (Å²) in [5, 5.41) is 3.06. The predicted octanol–water partition coefficient (Wildman–Crippen LogP) is 2.57. The Balaban J connectivity index is 1.54. The number of ether oxygens (including phenoxy) is 1. The van der Waals surface area contributed by atoms with Gasteiger partial charge in [-0.2, -0.15) is 0 Å². The molecular weight excluding hydrogens is 326 g/mol. The smallest absolute Gasteiger partial charge is 0.249 e. The minimum absolute atomic E-state index is 0.0172. The Morgan fingerprint density at radius 3 is 2.58 bits per heavy atom. The Morgan fingerprint density at radius 2 is 1.88 bits per heavy atom. The van der Waals surface area contributed by atoms with Gasteiger partial charge < -0.3 is 15.8 Å². The zero-order chi connectivity index (χ0) is 18.4. The Kier molecular flexibility index (Phi) is 7.06. The molecule has 1 heterocycles. The lowest BCUT2D eigenvalue weighted by molar-refractivity contribution is -0.132. The number of amides is 1. The van der Waals surface area contributed by atoms with Gasteiger partial charge in [0, 0.05) is 25.7 Å². The largest absolute Gasteiger partial charge is 0.364 e. The second-order valence-corrected chi connectivity index (χ2v) is 7.75. The van der Waals surface area contributed by atoms with E-state index in [0.29, 0.717) is 19.1 Å². The molecule has 2 atom stereocenters. The second-order valence-electron chi connectivity index (χ2n) is 7.75. The fraction of sp³-hybridized carbons (Fsp3) is 0.667. The molecule has 0 spiro atoms. The maximum absolute atomic E-state index is 12.4. The lowest BCUT2D eigenvalue weighted by Gasteiger charge is -2.31. The van der Waals surface area contributed by atoms with Gasteiger partial charge in [-0.25, -0.2) is 0 Å². The molecule has 3 rings (SSSR count). The van der Waals surface area contributed by atoms with Crippen molar-refractivity contribution in [2.45, 2.75) is 76.3 Å². The highest BCUT2D eigenvalue weighted by molar-refractivity contribution is 5.81. The van der Waals surface area contributed by atoms with Crippen molar-refractivity contribution in [2.24, 2.45) is 5.73 Å². The normalized spacial score (nSPS) is 24.1. The summed E-state index contributed by atoms with van der Waals surface area (Å²) in [7, 11) is 2.23. The second kappa shape index (κ2) is 9.49. The fourth-order valence-electron chi connectivity index (χ4n) is 4.17. The Bertz CT molecular complexity index is 586. The van der Waals surface area contributed by atoms with Crippen molar-refractivity contribution in [3.05, 3.63) is 35.4 Å². The van der Waals surface area contributed by atoms with E-state index in [4.69, 9.17) is 10.5 Å². The third-order valence-corrected chi connectivity index (χ3v) is 5.85. The van der Waals surface area contributed by atoms with Crippen LogP contribution in [0.1, 0.15) is 56.1 Å². The highest BCUT2D eigenvalue weighted by Crippen LogP contribution is 2.24. The van der Waals surface area contributed by atoms with E-state index in [-0.39, 0.29) is 18.1 Å². The van der Waals surface area contributed by atoms with Gasteiger partial charge in [0.2, 0.25) is 5.91 Å². The summed E-state index contributed by atoms with van der Waals surface area (Å²) < 4.78 is 5.69. The molecule has 0 unspecified atom stereocenters. The molecule has 26 heavy (non-hydrogen) atoms. The van der Waals surface area contributed by atoms with Crippen LogP contribution < -0.4 is 11.1 Å². The molecule has 5 heteroatoms. The van der Waals surface area contributed by atoms with Gasteiger partial charge in [-0.05, 0) is 43.9 Å². The van der Waals surface area contributed by atoms with E-state index in [1.165, 1.54) is 43.2 Å². The van der Waals surface area contributed by atoms with Gasteiger partial charge in [0.15, 0.2) is 0 Å². The number of rotatable bonds is 7. The van der Waals surface area contributed by atoms with Gasteiger partial charge in [-0.3, -0.25) is 9.69 Å². The summed E-state index contributed by atoms with van der Waals surface area (Å²) in [4.78, 5) is 14.9. The summed E-state index contributed by atoms with van der Waals surface area (Å²) in [6.07, 6.45) is 7.99. The molecular formula is C21H33N3O2. The summed E-state index contributed by atoms with van der Waals surface area (Å²) in [5.74, 6) is -0.0172. The molecule has 1 aromatic rings. The molecule has 1 aliphatic carbocycles. The maximum Gasteiger partial charge on any atom is 0.249 e. The van der Waals surface area contributed by atoms with Gasteiger partial charge in [0.1, 0.15) is 6.10 Å². The monoisotopic (exact) mass is 359 g/mol. The van der Waals surface area contributed by atoms with E-state index in [2.05, 4.69) is 35.5 Å². The molecule has 2 aliphatic rings. The van der Waals surface area contributed by atoms with E-state index in [1.54, 1.807) is 0 Å². The number of nitrogens with one attached hydrogen (secondary N) is 1. The molecule has 2 fully saturated rings. The average Bonchev–Trinajstić information content (AvgIpc) is 3.17. The summed E-state index contributed by atoms with van der Waals surface area (Å²) in [5.41, 5.74) is 8.12. The zero-order valence-corrected chi connectivity index (χ0v) is 16.0. The van der Waals surface area contributed by atoms with E-state index >= 15 is 0 Å². The SMILES string of the molecule is CN(Cc1ccccc1CNC(=O)[C@@H]1CC[C@H](CN)O1)C1CCCCC1. The van der Waals surface area contributed by atoms with Crippen LogP contribution >= 0.6 is 0 Å². The number of benzene rings is 1. The highest BCUT2D eigenvalue weighted by atomic mass is 16.5. The summed E-state index contributed by atoms with van der Waals surface area (Å²) in [6.45, 7) is 1.98. The van der Waals surface area contributed by atoms with Crippen LogP contribution in [0.4, 0.5) is 0 Å². The van der Waals surface area contributed by atoms with Crippen LogP contribution in [0.25, 0.3) is 0 Å². The van der Waals surface area contributed by atoms with Crippen molar-refractivity contribution in [1.29, 1.82) is 0 Å². The van der Waals surface area contributed by atoms with E-state index in [9.17, 15) is 4.79 Å². The topological polar surface area (TPSA) is 67.6 Å². The molecule has 1 aromatic carbocycles. The molecule has 5 nitrogen and oxygen atoms in total. The predicted molar refractivity (Wildman–Crippen MR) is 104 cm³/mol. The first kappa shape index (κ1) is 19.3. The Morgan fingerprint density at radius 1 is 1.15 bits per heavy atom. The number of hydrogen-bond acceptors (Lipinski definition) is 4. The minimum atomic E-state index is -0.347. The van der Waals surface area contributed by atoms with Crippen LogP contribution in [0.2, 0.25) is 0 Å². The molecule has 1 saturated heterocycles. The number of hydrogen-bond donors (Lipinski definition) is 2. The third-order valence-electron chi connectivity index (χ3n) is 5.85. The van der Waals surface area contributed by atoms with Crippen LogP contribution in [0.3, 0.4) is 0 Å². The van der Waals surface area contributed by atoms with Crippen molar-refractivity contribution >= 4 is 5.91 Å². The van der Waals surface area contributed by atoms with Crippen LogP contribution in [0.15, 0.2) is 24.3 Å². The van der Waals surface area contributed by atoms with Crippen molar-refractivity contribution < 1.29 is 9.53 Å². The molecule has 1 aliphatic heterocycles. The van der Waals surface area contributed by atoms with Crippen LogP contribution in [0.5, 0.6) is 0 Å². The molecule has 1 amide bonds. The van der Waals surface area contributed by atoms with E-state index < -0.39 is 0 Å². The number of nitrogens with zero attached hydrogens (tertiary/aromatic N) is 1. The van der Waals surface area contributed by atoms with Gasteiger partial charge in [-0.15, -0.1) is 0 Å². The lowest BCUT2D eigenvalue weighted by atomic mass is 9.94. The quantitative estimate of drug-likeness (QED) is 0.785. The first-order valence-electron chi connectivity index (χ1n) is 10.1. The van der Waals surface area contributed by atoms with Gasteiger partial charge in [0.25, 0.3) is 0 Å². The van der Waals surface area contributed by atoms with Gasteiger partial charge >= 0.3 is 0 Å². The van der Waals surface area contributed by atoms with Crippen LogP contribution in [-0.4, -0.2) is 42.6 Å². The molecule has 0 bridgehead atoms. The standard InChI is InChI=1S/C21H33N3O2/c1-24(18-9-3-2-4-10-18)15-17-8-6-5-7-16(17)14-23-21(25)20-12-11-19(13-22)26-20/h5-8,18-20H,2-4,9-15,22H2,1H3,(H,23,25)/t19-,20+/m1/s1. The number of carbonyl (C=O) groups is 1. The fourth-order valence-corrected chi connectivity index (χ4v) is 4.17. The lowest BCUT2D eigenvalue weighted by Crippen LogP contribution is -2.36. The summed E-state index contributed by atoms with van der Waals surface area (Å²) in [6, 6.07) is 9.11. The molecule has 0 aromatic heterocycles. The summed E-state index contributed by atoms with van der Waals surface area (Å²) >= 11 is 0. The molecule has 1 saturated carbocycles. The zero-order valence-electron chi connectivity index (χ0n) is 16.0. The third kappa shape index (κ3) is 5.06. The molecule has 3 N–H and O–H groups in total. The van der Waals surface area contributed by atoms with Crippen LogP contribution in [0, 0.1) is 0 Å². The Hall–Kier alpha value is -1.43. The van der Waals surface area contributed by atoms with Crippen molar-refractivity contribution in [3.8, 4) is 0 Å². The first-order valence-corrected chi connectivity index (χ1v) is 10.1. The first-order chi connectivity index (χ1) is 12.7. The van der Waals surface area contributed by atoms with Gasteiger partial charge in [0.05, 0.1) is 6.10 Å². The Labute approximate surface area is 157 Å². The molecule has 0 radical (unpaired) electrons. The number of nitrogens with two attached hydrogens (primary N) is 1. The highest BCUT2D eigenvalue weighted by Gasteiger charge is 2.29. The van der Waals surface area contributed by atoms with Crippen molar-refractivity contribution in [2.75, 3.05) is 13.6 Å². The van der Waals surface area contributed by atoms with E-state index in [1.807, 2.05) is 6.07 Å². The van der Waals surface area contributed by atoms with E-state index in [0.717, 1.165) is 19.4 Å². The number of carbonyl (C=O) groups excluding carboxylic acids is 1. The van der Waals surface area contributed by atoms with Crippen molar-refractivity contribution in [1.82, 2.24) is 10.2 Å². The van der Waals surface area contributed by atoms with Crippen molar-refractivity contribution in [3.63, 3.8) is 0 Å². The minimum Gasteiger partial charge on any atom is -0.364 e. The molecule has 144 valence electrons. The maximum atomic E-state index is 12.4. The van der Waals surface area contributed by atoms with Crippen LogP contribution in [-0.2, 0) is 22.6 Å².